The van der Waals surface area contributed by atoms with Crippen LogP contribution in [0.5, 0.6) is 0 Å². The third kappa shape index (κ3) is 3.52. The van der Waals surface area contributed by atoms with Crippen molar-refractivity contribution >= 4 is 39.9 Å². The first kappa shape index (κ1) is 17.5. The van der Waals surface area contributed by atoms with E-state index in [0.29, 0.717) is 21.2 Å². The molecule has 0 aromatic carbocycles. The molecule has 128 valence electrons. The lowest BCUT2D eigenvalue weighted by molar-refractivity contribution is -0.113. The van der Waals surface area contributed by atoms with Crippen molar-refractivity contribution in [1.29, 1.82) is 5.26 Å². The molecule has 0 spiro atoms. The number of nitrogens with one attached hydrogen (secondary N) is 1. The molecule has 0 atom stereocenters. The van der Waals surface area contributed by atoms with Crippen LogP contribution < -0.4 is 11.1 Å². The maximum atomic E-state index is 12.2. The SMILES string of the molecule is Cc1c(C#N)c(SCC(=O)Nc2sccc2C(N)=O)nc2c1CCC2. The summed E-state index contributed by atoms with van der Waals surface area (Å²) in [6, 6.07) is 3.79. The average Bonchev–Trinajstić information content (AvgIpc) is 3.22. The van der Waals surface area contributed by atoms with Crippen molar-refractivity contribution < 1.29 is 9.59 Å². The van der Waals surface area contributed by atoms with E-state index in [1.54, 1.807) is 11.4 Å². The Hall–Kier alpha value is -2.37. The first-order chi connectivity index (χ1) is 12.0. The molecule has 25 heavy (non-hydrogen) atoms. The van der Waals surface area contributed by atoms with Crippen LogP contribution in [0, 0.1) is 18.3 Å². The zero-order valence-electron chi connectivity index (χ0n) is 13.6. The fourth-order valence-corrected chi connectivity index (χ4v) is 4.54. The number of primary amides is 1. The number of amides is 2. The second-order valence-corrected chi connectivity index (χ2v) is 7.55. The van der Waals surface area contributed by atoms with Crippen molar-refractivity contribution in [2.75, 3.05) is 11.1 Å². The van der Waals surface area contributed by atoms with Crippen LogP contribution in [0.3, 0.4) is 0 Å². The molecule has 0 saturated heterocycles. The smallest absolute Gasteiger partial charge is 0.251 e. The Morgan fingerprint density at radius 1 is 1.48 bits per heavy atom. The topological polar surface area (TPSA) is 109 Å². The molecule has 0 unspecified atom stereocenters. The van der Waals surface area contributed by atoms with Crippen LogP contribution in [-0.4, -0.2) is 22.6 Å². The molecule has 2 aromatic heterocycles. The molecule has 2 amide bonds. The van der Waals surface area contributed by atoms with Crippen molar-refractivity contribution in [2.24, 2.45) is 5.73 Å². The number of hydrogen-bond acceptors (Lipinski definition) is 6. The van der Waals surface area contributed by atoms with Crippen LogP contribution in [0.25, 0.3) is 0 Å². The molecule has 0 saturated carbocycles. The van der Waals surface area contributed by atoms with Crippen molar-refractivity contribution in [3.05, 3.63) is 39.4 Å². The summed E-state index contributed by atoms with van der Waals surface area (Å²) in [4.78, 5) is 28.1. The number of anilines is 1. The molecule has 3 N–H and O–H groups in total. The predicted molar refractivity (Wildman–Crippen MR) is 97.9 cm³/mol. The molecule has 6 nitrogen and oxygen atoms in total. The number of aryl methyl sites for hydroxylation is 1. The number of carbonyl (C=O) groups is 2. The molecule has 2 heterocycles. The van der Waals surface area contributed by atoms with Gasteiger partial charge in [-0.1, -0.05) is 11.8 Å². The molecule has 3 rings (SSSR count). The largest absolute Gasteiger partial charge is 0.366 e. The van der Waals surface area contributed by atoms with Gasteiger partial charge in [0.15, 0.2) is 0 Å². The summed E-state index contributed by atoms with van der Waals surface area (Å²) in [6.45, 7) is 1.94. The average molecular weight is 372 g/mol. The molecule has 8 heteroatoms. The number of thioether (sulfide) groups is 1. The molecular weight excluding hydrogens is 356 g/mol. The van der Waals surface area contributed by atoms with Gasteiger partial charge in [-0.05, 0) is 48.8 Å². The van der Waals surface area contributed by atoms with Gasteiger partial charge in [-0.3, -0.25) is 9.59 Å². The van der Waals surface area contributed by atoms with E-state index >= 15 is 0 Å². The number of fused-ring (bicyclic) bond motifs is 1. The first-order valence-electron chi connectivity index (χ1n) is 7.73. The van der Waals surface area contributed by atoms with Crippen molar-refractivity contribution in [2.45, 2.75) is 31.2 Å². The van der Waals surface area contributed by atoms with E-state index in [0.717, 1.165) is 30.5 Å². The number of carbonyl (C=O) groups excluding carboxylic acids is 2. The first-order valence-corrected chi connectivity index (χ1v) is 9.60. The van der Waals surface area contributed by atoms with Crippen molar-refractivity contribution in [3.8, 4) is 6.07 Å². The molecule has 0 fully saturated rings. The van der Waals surface area contributed by atoms with Crippen LogP contribution in [0.15, 0.2) is 16.5 Å². The van der Waals surface area contributed by atoms with E-state index in [1.165, 1.54) is 28.7 Å². The van der Waals surface area contributed by atoms with Crippen LogP contribution >= 0.6 is 23.1 Å². The predicted octanol–water partition coefficient (Wildman–Crippen LogP) is 2.64. The number of nitrogens with two attached hydrogens (primary N) is 1. The fourth-order valence-electron chi connectivity index (χ4n) is 2.88. The van der Waals surface area contributed by atoms with E-state index in [2.05, 4.69) is 16.4 Å². The van der Waals surface area contributed by atoms with Gasteiger partial charge in [-0.25, -0.2) is 4.98 Å². The zero-order valence-corrected chi connectivity index (χ0v) is 15.2. The van der Waals surface area contributed by atoms with Crippen LogP contribution in [0.2, 0.25) is 0 Å². The maximum Gasteiger partial charge on any atom is 0.251 e. The Kier molecular flexibility index (Phi) is 5.06. The third-order valence-corrected chi connectivity index (χ3v) is 5.91. The quantitative estimate of drug-likeness (QED) is 0.784. The summed E-state index contributed by atoms with van der Waals surface area (Å²) in [5.41, 5.74) is 9.30. The number of nitriles is 1. The molecule has 1 aliphatic carbocycles. The van der Waals surface area contributed by atoms with E-state index in [4.69, 9.17) is 5.73 Å². The summed E-state index contributed by atoms with van der Waals surface area (Å²) in [7, 11) is 0. The summed E-state index contributed by atoms with van der Waals surface area (Å²) in [6.07, 6.45) is 2.93. The minimum atomic E-state index is -0.577. The maximum absolute atomic E-state index is 12.2. The van der Waals surface area contributed by atoms with Crippen LogP contribution in [-0.2, 0) is 17.6 Å². The number of hydrogen-bond donors (Lipinski definition) is 2. The van der Waals surface area contributed by atoms with E-state index in [-0.39, 0.29) is 11.7 Å². The second kappa shape index (κ2) is 7.25. The Balaban J connectivity index is 1.73. The standard InChI is InChI=1S/C17H16N4O2S2/c1-9-10-3-2-4-13(10)20-17(12(9)7-18)25-8-14(22)21-16-11(15(19)23)5-6-24-16/h5-6H,2-4,8H2,1H3,(H2,19,23)(H,21,22). The van der Waals surface area contributed by atoms with Gasteiger partial charge in [-0.15, -0.1) is 11.3 Å². The summed E-state index contributed by atoms with van der Waals surface area (Å²) < 4.78 is 0. The van der Waals surface area contributed by atoms with Crippen molar-refractivity contribution in [3.63, 3.8) is 0 Å². The highest BCUT2D eigenvalue weighted by Crippen LogP contribution is 2.32. The Labute approximate surface area is 153 Å². The van der Waals surface area contributed by atoms with Gasteiger partial charge in [0.25, 0.3) is 5.91 Å². The van der Waals surface area contributed by atoms with Gasteiger partial charge in [0, 0.05) is 5.69 Å². The highest BCUT2D eigenvalue weighted by atomic mass is 32.2. The summed E-state index contributed by atoms with van der Waals surface area (Å²) >= 11 is 2.48. The number of nitrogens with zero attached hydrogens (tertiary/aromatic N) is 2. The monoisotopic (exact) mass is 372 g/mol. The molecule has 0 bridgehead atoms. The minimum Gasteiger partial charge on any atom is -0.366 e. The highest BCUT2D eigenvalue weighted by Gasteiger charge is 2.21. The van der Waals surface area contributed by atoms with E-state index in [1.807, 2.05) is 6.92 Å². The van der Waals surface area contributed by atoms with Gasteiger partial charge >= 0.3 is 0 Å². The zero-order chi connectivity index (χ0) is 18.0. The van der Waals surface area contributed by atoms with E-state index in [9.17, 15) is 14.9 Å². The lowest BCUT2D eigenvalue weighted by Crippen LogP contribution is -2.18. The minimum absolute atomic E-state index is 0.107. The molecule has 0 radical (unpaired) electrons. The summed E-state index contributed by atoms with van der Waals surface area (Å²) in [5.74, 6) is -0.735. The second-order valence-electron chi connectivity index (χ2n) is 5.67. The van der Waals surface area contributed by atoms with Crippen LogP contribution in [0.1, 0.15) is 39.2 Å². The Bertz CT molecular complexity index is 899. The molecule has 0 aliphatic heterocycles. The molecule has 2 aromatic rings. The lowest BCUT2D eigenvalue weighted by atomic mass is 10.0. The van der Waals surface area contributed by atoms with Crippen molar-refractivity contribution in [1.82, 2.24) is 4.98 Å². The fraction of sp³-hybridized carbons (Fsp3) is 0.294. The number of pyridine rings is 1. The Morgan fingerprint density at radius 2 is 2.28 bits per heavy atom. The lowest BCUT2D eigenvalue weighted by Gasteiger charge is -2.11. The molecular formula is C17H16N4O2S2. The number of rotatable bonds is 5. The number of aromatic nitrogens is 1. The third-order valence-electron chi connectivity index (χ3n) is 4.10. The summed E-state index contributed by atoms with van der Waals surface area (Å²) in [5, 5.41) is 14.9. The Morgan fingerprint density at radius 3 is 3.00 bits per heavy atom. The van der Waals surface area contributed by atoms with Gasteiger partial charge in [0.2, 0.25) is 5.91 Å². The molecule has 1 aliphatic rings. The van der Waals surface area contributed by atoms with E-state index < -0.39 is 5.91 Å². The van der Waals surface area contributed by atoms with Gasteiger partial charge in [0.05, 0.1) is 16.9 Å². The number of thiophene rings is 1. The van der Waals surface area contributed by atoms with Gasteiger partial charge < -0.3 is 11.1 Å². The highest BCUT2D eigenvalue weighted by molar-refractivity contribution is 8.00. The normalized spacial score (nSPS) is 12.5. The van der Waals surface area contributed by atoms with Gasteiger partial charge in [0.1, 0.15) is 16.1 Å². The van der Waals surface area contributed by atoms with Crippen LogP contribution in [0.4, 0.5) is 5.00 Å². The van der Waals surface area contributed by atoms with Gasteiger partial charge in [-0.2, -0.15) is 5.26 Å².